The lowest BCUT2D eigenvalue weighted by atomic mass is 10.0. The van der Waals surface area contributed by atoms with Crippen LogP contribution < -0.4 is 10.6 Å². The van der Waals surface area contributed by atoms with Crippen molar-refractivity contribution in [2.45, 2.75) is 219 Å². The lowest BCUT2D eigenvalue weighted by Crippen LogP contribution is -2.13. The molecule has 0 atom stereocenters. The van der Waals surface area contributed by atoms with E-state index in [-0.39, 0.29) is 11.8 Å². The van der Waals surface area contributed by atoms with Crippen LogP contribution in [0.25, 0.3) is 0 Å². The van der Waals surface area contributed by atoms with Gasteiger partial charge in [0.15, 0.2) is 0 Å². The summed E-state index contributed by atoms with van der Waals surface area (Å²) in [5.41, 5.74) is 1.52. The van der Waals surface area contributed by atoms with Crippen LogP contribution in [0.5, 0.6) is 0 Å². The Balaban J connectivity index is 1.96. The first kappa shape index (κ1) is 42.2. The minimum atomic E-state index is 0.0657. The van der Waals surface area contributed by atoms with Crippen LogP contribution in [0.2, 0.25) is 0 Å². The second-order valence-corrected chi connectivity index (χ2v) is 14.1. The van der Waals surface area contributed by atoms with E-state index in [9.17, 15) is 9.59 Å². The highest BCUT2D eigenvalue weighted by Crippen LogP contribution is 2.18. The molecule has 4 heteroatoms. The number of rotatable bonds is 34. The van der Waals surface area contributed by atoms with Gasteiger partial charge in [-0.05, 0) is 31.0 Å². The van der Waals surface area contributed by atoms with Crippen LogP contribution in [0, 0.1) is 0 Å². The second-order valence-electron chi connectivity index (χ2n) is 14.1. The van der Waals surface area contributed by atoms with Crippen molar-refractivity contribution in [1.82, 2.24) is 0 Å². The average molecular weight is 641 g/mol. The summed E-state index contributed by atoms with van der Waals surface area (Å²) < 4.78 is 0. The minimum Gasteiger partial charge on any atom is -0.326 e. The summed E-state index contributed by atoms with van der Waals surface area (Å²) in [5.74, 6) is 0.131. The normalized spacial score (nSPS) is 11.2. The Kier molecular flexibility index (Phi) is 30.3. The molecule has 46 heavy (non-hydrogen) atoms. The Labute approximate surface area is 286 Å². The molecular formula is C42H76N2O2. The maximum absolute atomic E-state index is 12.4. The number of carbonyl (C=O) groups is 2. The summed E-state index contributed by atoms with van der Waals surface area (Å²) in [6, 6.07) is 7.56. The zero-order chi connectivity index (χ0) is 33.2. The third kappa shape index (κ3) is 28.4. The summed E-state index contributed by atoms with van der Waals surface area (Å²) in [4.78, 5) is 24.9. The molecule has 0 bridgehead atoms. The molecule has 2 amide bonds. The van der Waals surface area contributed by atoms with Gasteiger partial charge in [-0.2, -0.15) is 0 Å². The molecule has 266 valence electrons. The molecule has 0 aliphatic carbocycles. The molecule has 4 nitrogen and oxygen atoms in total. The van der Waals surface area contributed by atoms with Crippen LogP contribution in [0.3, 0.4) is 0 Å². The lowest BCUT2D eigenvalue weighted by Gasteiger charge is -2.09. The van der Waals surface area contributed by atoms with Crippen molar-refractivity contribution in [1.29, 1.82) is 0 Å². The van der Waals surface area contributed by atoms with Crippen LogP contribution >= 0.6 is 0 Å². The van der Waals surface area contributed by atoms with Crippen LogP contribution in [-0.4, -0.2) is 11.8 Å². The van der Waals surface area contributed by atoms with E-state index in [1.54, 1.807) is 0 Å². The topological polar surface area (TPSA) is 58.2 Å². The highest BCUT2D eigenvalue weighted by Gasteiger charge is 2.06. The van der Waals surface area contributed by atoms with Gasteiger partial charge in [0.1, 0.15) is 0 Å². The van der Waals surface area contributed by atoms with E-state index in [2.05, 4.69) is 24.5 Å². The fourth-order valence-electron chi connectivity index (χ4n) is 6.44. The smallest absolute Gasteiger partial charge is 0.224 e. The van der Waals surface area contributed by atoms with Gasteiger partial charge in [-0.1, -0.05) is 200 Å². The predicted octanol–water partition coefficient (Wildman–Crippen LogP) is 14.1. The van der Waals surface area contributed by atoms with E-state index in [4.69, 9.17) is 0 Å². The van der Waals surface area contributed by atoms with E-state index in [1.807, 2.05) is 24.3 Å². The fourth-order valence-corrected chi connectivity index (χ4v) is 6.44. The van der Waals surface area contributed by atoms with Gasteiger partial charge < -0.3 is 10.6 Å². The Bertz CT molecular complexity index is 760. The van der Waals surface area contributed by atoms with Gasteiger partial charge in [0.2, 0.25) is 11.8 Å². The maximum Gasteiger partial charge on any atom is 0.224 e. The number of anilines is 2. The Morgan fingerprint density at radius 2 is 0.630 bits per heavy atom. The molecule has 0 fully saturated rings. The van der Waals surface area contributed by atoms with Gasteiger partial charge in [0.05, 0.1) is 0 Å². The third-order valence-electron chi connectivity index (χ3n) is 9.44. The average Bonchev–Trinajstić information content (AvgIpc) is 3.05. The van der Waals surface area contributed by atoms with Gasteiger partial charge in [-0.15, -0.1) is 0 Å². The fraction of sp³-hybridized carbons (Fsp3) is 0.810. The maximum atomic E-state index is 12.4. The molecule has 0 spiro atoms. The summed E-state index contributed by atoms with van der Waals surface area (Å²) in [5, 5.41) is 6.03. The molecule has 0 unspecified atom stereocenters. The summed E-state index contributed by atoms with van der Waals surface area (Å²) in [6.07, 6.45) is 41.0. The quantitative estimate of drug-likeness (QED) is 0.0736. The lowest BCUT2D eigenvalue weighted by molar-refractivity contribution is -0.117. The van der Waals surface area contributed by atoms with Crippen molar-refractivity contribution in [3.05, 3.63) is 24.3 Å². The first-order chi connectivity index (χ1) is 22.7. The number of hydrogen-bond donors (Lipinski definition) is 2. The van der Waals surface area contributed by atoms with Crippen molar-refractivity contribution < 1.29 is 9.59 Å². The van der Waals surface area contributed by atoms with E-state index < -0.39 is 0 Å². The standard InChI is InChI=1S/C42H76N2O2/c1-3-5-7-9-11-13-15-17-19-21-23-25-27-29-31-36-41(45)43-39-34-33-35-40(38-39)44-42(46)37-32-30-28-26-24-22-20-18-16-14-12-10-8-6-4-2/h33-35,38H,3-32,36-37H2,1-2H3,(H,43,45)(H,44,46). The van der Waals surface area contributed by atoms with Gasteiger partial charge >= 0.3 is 0 Å². The number of carbonyl (C=O) groups excluding carboxylic acids is 2. The predicted molar refractivity (Wildman–Crippen MR) is 203 cm³/mol. The molecular weight excluding hydrogens is 564 g/mol. The van der Waals surface area contributed by atoms with Crippen LogP contribution in [0.1, 0.15) is 219 Å². The number of hydrogen-bond acceptors (Lipinski definition) is 2. The van der Waals surface area contributed by atoms with Crippen molar-refractivity contribution in [2.75, 3.05) is 10.6 Å². The molecule has 0 saturated carbocycles. The minimum absolute atomic E-state index is 0.0657. The molecule has 0 radical (unpaired) electrons. The first-order valence-electron chi connectivity index (χ1n) is 20.4. The van der Waals surface area contributed by atoms with Crippen molar-refractivity contribution >= 4 is 23.2 Å². The van der Waals surface area contributed by atoms with E-state index in [0.29, 0.717) is 12.8 Å². The van der Waals surface area contributed by atoms with Gasteiger partial charge in [0, 0.05) is 24.2 Å². The molecule has 1 rings (SSSR count). The number of benzene rings is 1. The molecule has 2 N–H and O–H groups in total. The van der Waals surface area contributed by atoms with Gasteiger partial charge in [-0.25, -0.2) is 0 Å². The Morgan fingerprint density at radius 1 is 0.391 bits per heavy atom. The first-order valence-corrected chi connectivity index (χ1v) is 20.4. The zero-order valence-corrected chi connectivity index (χ0v) is 30.8. The summed E-state index contributed by atoms with van der Waals surface area (Å²) in [7, 11) is 0. The summed E-state index contributed by atoms with van der Waals surface area (Å²) in [6.45, 7) is 4.56. The summed E-state index contributed by atoms with van der Waals surface area (Å²) >= 11 is 0. The second kappa shape index (κ2) is 33.1. The number of amides is 2. The zero-order valence-electron chi connectivity index (χ0n) is 30.8. The SMILES string of the molecule is CCCCCCCCCCCCCCCCCC(=O)Nc1cccc(NC(=O)CCCCCCCCCCCCCCCCC)c1. The van der Waals surface area contributed by atoms with Crippen molar-refractivity contribution in [3.63, 3.8) is 0 Å². The monoisotopic (exact) mass is 641 g/mol. The molecule has 0 heterocycles. The molecule has 0 saturated heterocycles. The molecule has 1 aromatic rings. The largest absolute Gasteiger partial charge is 0.326 e. The highest BCUT2D eigenvalue weighted by atomic mass is 16.2. The Hall–Kier alpha value is -1.84. The third-order valence-corrected chi connectivity index (χ3v) is 9.44. The molecule has 0 aliphatic heterocycles. The molecule has 0 aromatic heterocycles. The van der Waals surface area contributed by atoms with Crippen LogP contribution in [0.15, 0.2) is 24.3 Å². The number of nitrogens with one attached hydrogen (secondary N) is 2. The van der Waals surface area contributed by atoms with Crippen molar-refractivity contribution in [2.24, 2.45) is 0 Å². The Morgan fingerprint density at radius 3 is 0.891 bits per heavy atom. The molecule has 1 aromatic carbocycles. The van der Waals surface area contributed by atoms with Crippen LogP contribution in [0.4, 0.5) is 11.4 Å². The van der Waals surface area contributed by atoms with E-state index in [0.717, 1.165) is 37.1 Å². The van der Waals surface area contributed by atoms with Crippen LogP contribution in [-0.2, 0) is 9.59 Å². The van der Waals surface area contributed by atoms with E-state index >= 15 is 0 Å². The number of unbranched alkanes of at least 4 members (excludes halogenated alkanes) is 28. The molecule has 0 aliphatic rings. The van der Waals surface area contributed by atoms with E-state index in [1.165, 1.54) is 167 Å². The van der Waals surface area contributed by atoms with Gasteiger partial charge in [0.25, 0.3) is 0 Å². The highest BCUT2D eigenvalue weighted by molar-refractivity contribution is 5.94. The van der Waals surface area contributed by atoms with Crippen molar-refractivity contribution in [3.8, 4) is 0 Å². The van der Waals surface area contributed by atoms with Gasteiger partial charge in [-0.3, -0.25) is 9.59 Å².